The number of allylic oxidation sites excluding steroid dienone is 1. The van der Waals surface area contributed by atoms with Crippen LogP contribution in [0.4, 0.5) is 0 Å². The summed E-state index contributed by atoms with van der Waals surface area (Å²) in [6.45, 7) is 3.70. The number of hydrogen-bond acceptors (Lipinski definition) is 5. The molecule has 168 valence electrons. The van der Waals surface area contributed by atoms with Crippen molar-refractivity contribution in [3.05, 3.63) is 72.3 Å². The summed E-state index contributed by atoms with van der Waals surface area (Å²) in [5.74, 6) is -0.0409. The number of benzene rings is 2. The van der Waals surface area contributed by atoms with Crippen LogP contribution in [-0.4, -0.2) is 43.3 Å². The summed E-state index contributed by atoms with van der Waals surface area (Å²) in [6.07, 6.45) is 2.65. The zero-order chi connectivity index (χ0) is 22.9. The zero-order valence-electron chi connectivity index (χ0n) is 17.9. The minimum Gasteiger partial charge on any atom is -0.497 e. The van der Waals surface area contributed by atoms with Crippen molar-refractivity contribution in [2.24, 2.45) is 0 Å². The van der Waals surface area contributed by atoms with Crippen LogP contribution < -0.4 is 9.47 Å². The number of hydrogen-bond donors (Lipinski definition) is 1. The lowest BCUT2D eigenvalue weighted by atomic mass is 10.2. The van der Waals surface area contributed by atoms with E-state index in [4.69, 9.17) is 9.47 Å². The summed E-state index contributed by atoms with van der Waals surface area (Å²) in [7, 11) is -1.03. The predicted octanol–water partition coefficient (Wildman–Crippen LogP) is 3.85. The molecule has 2 rings (SSSR count). The average molecular weight is 448 g/mol. The fourth-order valence-electron chi connectivity index (χ4n) is 3.13. The Balaban J connectivity index is 2.36. The molecule has 2 aromatic rings. The third kappa shape index (κ3) is 6.83. The van der Waals surface area contributed by atoms with Crippen LogP contribution in [0.3, 0.4) is 0 Å². The molecule has 0 bridgehead atoms. The number of carboxylic acids is 1. The van der Waals surface area contributed by atoms with Crippen molar-refractivity contribution < 1.29 is 27.8 Å². The van der Waals surface area contributed by atoms with Gasteiger partial charge in [0.15, 0.2) is 5.25 Å². The molecule has 0 saturated carbocycles. The summed E-state index contributed by atoms with van der Waals surface area (Å²) in [5, 5.41) is 8.14. The summed E-state index contributed by atoms with van der Waals surface area (Å²) >= 11 is 0. The van der Waals surface area contributed by atoms with E-state index >= 15 is 0 Å². The number of nitrogens with zero attached hydrogens (tertiary/aromatic N) is 1. The molecular formula is C23H29NO6S. The highest BCUT2D eigenvalue weighted by atomic mass is 32.2. The molecule has 0 saturated heterocycles. The van der Waals surface area contributed by atoms with Gasteiger partial charge in [0.25, 0.3) is 0 Å². The van der Waals surface area contributed by atoms with Gasteiger partial charge in [-0.2, -0.15) is 4.31 Å². The molecule has 0 heterocycles. The maximum absolute atomic E-state index is 13.4. The van der Waals surface area contributed by atoms with Crippen molar-refractivity contribution in [3.63, 3.8) is 0 Å². The van der Waals surface area contributed by atoms with Crippen molar-refractivity contribution in [2.45, 2.75) is 37.6 Å². The number of methoxy groups -OCH3 is 2. The topological polar surface area (TPSA) is 93.1 Å². The first-order chi connectivity index (χ1) is 14.8. The Hall–Kier alpha value is -2.84. The largest absolute Gasteiger partial charge is 0.497 e. The lowest BCUT2D eigenvalue weighted by molar-refractivity contribution is -0.136. The molecule has 1 atom stereocenters. The molecule has 0 amide bonds. The summed E-state index contributed by atoms with van der Waals surface area (Å²) in [4.78, 5) is 11.9. The average Bonchev–Trinajstić information content (AvgIpc) is 2.76. The van der Waals surface area contributed by atoms with Crippen LogP contribution in [-0.2, 0) is 27.9 Å². The Labute approximate surface area is 184 Å². The fourth-order valence-corrected chi connectivity index (χ4v) is 4.87. The van der Waals surface area contributed by atoms with Crippen LogP contribution in [0.2, 0.25) is 0 Å². The van der Waals surface area contributed by atoms with Crippen molar-refractivity contribution in [3.8, 4) is 11.5 Å². The molecule has 31 heavy (non-hydrogen) atoms. The number of ether oxygens (including phenoxy) is 2. The van der Waals surface area contributed by atoms with Crippen molar-refractivity contribution in [2.75, 3.05) is 14.2 Å². The van der Waals surface area contributed by atoms with E-state index in [9.17, 15) is 18.3 Å². The van der Waals surface area contributed by atoms with Gasteiger partial charge in [-0.05, 0) is 54.7 Å². The maximum atomic E-state index is 13.4. The monoisotopic (exact) mass is 447 g/mol. The van der Waals surface area contributed by atoms with Gasteiger partial charge < -0.3 is 14.6 Å². The number of sulfonamides is 1. The van der Waals surface area contributed by atoms with Gasteiger partial charge in [-0.15, -0.1) is 6.58 Å². The molecule has 8 heteroatoms. The Kier molecular flexibility index (Phi) is 9.08. The van der Waals surface area contributed by atoms with Crippen LogP contribution >= 0.6 is 0 Å². The minimum absolute atomic E-state index is 0.0193. The van der Waals surface area contributed by atoms with E-state index in [1.165, 1.54) is 4.31 Å². The van der Waals surface area contributed by atoms with Crippen LogP contribution in [0, 0.1) is 0 Å². The Morgan fingerprint density at radius 1 is 1.00 bits per heavy atom. The summed E-state index contributed by atoms with van der Waals surface area (Å²) in [5.41, 5.74) is 1.46. The number of rotatable bonds is 13. The third-order valence-corrected chi connectivity index (χ3v) is 7.04. The molecule has 7 nitrogen and oxygen atoms in total. The standard InChI is InChI=1S/C23H29NO6S/c1-4-5-6-7-22(23(25)26)31(27,28)24(16-18-8-12-20(29-2)13-9-18)17-19-10-14-21(30-3)15-11-19/h4,8-15,22H,1,5-7,16-17H2,2-3H3,(H,25,26)/t22-/m1/s1. The first kappa shape index (κ1) is 24.4. The van der Waals surface area contributed by atoms with Crippen LogP contribution in [0.5, 0.6) is 11.5 Å². The van der Waals surface area contributed by atoms with Crippen molar-refractivity contribution >= 4 is 16.0 Å². The van der Waals surface area contributed by atoms with Gasteiger partial charge in [0.2, 0.25) is 10.0 Å². The number of carbonyl (C=O) groups is 1. The highest BCUT2D eigenvalue weighted by Gasteiger charge is 2.37. The van der Waals surface area contributed by atoms with Gasteiger partial charge in [-0.25, -0.2) is 8.42 Å². The Morgan fingerprint density at radius 3 is 1.81 bits per heavy atom. The molecular weight excluding hydrogens is 418 g/mol. The van der Waals surface area contributed by atoms with E-state index in [2.05, 4.69) is 6.58 Å². The lowest BCUT2D eigenvalue weighted by Crippen LogP contribution is -2.42. The molecule has 0 aromatic heterocycles. The van der Waals surface area contributed by atoms with Gasteiger partial charge in [-0.1, -0.05) is 30.3 Å². The highest BCUT2D eigenvalue weighted by Crippen LogP contribution is 2.23. The molecule has 0 fully saturated rings. The minimum atomic E-state index is -4.13. The number of aliphatic carboxylic acids is 1. The Bertz CT molecular complexity index is 905. The van der Waals surface area contributed by atoms with Crippen molar-refractivity contribution in [1.29, 1.82) is 0 Å². The first-order valence-corrected chi connectivity index (χ1v) is 11.4. The summed E-state index contributed by atoms with van der Waals surface area (Å²) in [6, 6.07) is 14.0. The zero-order valence-corrected chi connectivity index (χ0v) is 18.7. The first-order valence-electron chi connectivity index (χ1n) is 9.90. The van der Waals surface area contributed by atoms with Crippen molar-refractivity contribution in [1.82, 2.24) is 4.31 Å². The molecule has 0 radical (unpaired) electrons. The molecule has 0 aliphatic heterocycles. The van der Waals surface area contributed by atoms with Crippen LogP contribution in [0.25, 0.3) is 0 Å². The number of unbranched alkanes of at least 4 members (excludes halogenated alkanes) is 1. The second-order valence-corrected chi connectivity index (χ2v) is 9.17. The van der Waals surface area contributed by atoms with E-state index in [1.807, 2.05) is 0 Å². The normalized spacial score (nSPS) is 12.4. The van der Waals surface area contributed by atoms with Crippen LogP contribution in [0.15, 0.2) is 61.2 Å². The quantitative estimate of drug-likeness (QED) is 0.370. The second-order valence-electron chi connectivity index (χ2n) is 7.06. The van der Waals surface area contributed by atoms with E-state index in [0.717, 1.165) is 11.1 Å². The van der Waals surface area contributed by atoms with Gasteiger partial charge >= 0.3 is 5.97 Å². The van der Waals surface area contributed by atoms with E-state index in [1.54, 1.807) is 68.8 Å². The second kappa shape index (κ2) is 11.5. The fraction of sp³-hybridized carbons (Fsp3) is 0.348. The predicted molar refractivity (Wildman–Crippen MR) is 120 cm³/mol. The third-order valence-electron chi connectivity index (χ3n) is 4.91. The molecule has 0 aliphatic carbocycles. The molecule has 2 aromatic carbocycles. The molecule has 1 N–H and O–H groups in total. The van der Waals surface area contributed by atoms with E-state index in [-0.39, 0.29) is 19.5 Å². The van der Waals surface area contributed by atoms with Gasteiger partial charge in [0.05, 0.1) is 14.2 Å². The SMILES string of the molecule is C=CCCC[C@H](C(=O)O)S(=O)(=O)N(Cc1ccc(OC)cc1)Cc1ccc(OC)cc1. The summed E-state index contributed by atoms with van der Waals surface area (Å²) < 4.78 is 38.3. The molecule has 0 unspecified atom stereocenters. The molecule has 0 aliphatic rings. The smallest absolute Gasteiger partial charge is 0.323 e. The van der Waals surface area contributed by atoms with Gasteiger partial charge in [0, 0.05) is 13.1 Å². The van der Waals surface area contributed by atoms with E-state index in [0.29, 0.717) is 24.3 Å². The highest BCUT2D eigenvalue weighted by molar-refractivity contribution is 7.90. The van der Waals surface area contributed by atoms with E-state index < -0.39 is 21.2 Å². The number of carboxylic acid groups (broad SMARTS) is 1. The van der Waals surface area contributed by atoms with Crippen LogP contribution in [0.1, 0.15) is 30.4 Å². The molecule has 0 spiro atoms. The van der Waals surface area contributed by atoms with Gasteiger partial charge in [0.1, 0.15) is 11.5 Å². The lowest BCUT2D eigenvalue weighted by Gasteiger charge is -2.26. The Morgan fingerprint density at radius 2 is 1.45 bits per heavy atom. The van der Waals surface area contributed by atoms with Gasteiger partial charge in [-0.3, -0.25) is 4.79 Å². The maximum Gasteiger partial charge on any atom is 0.323 e.